The van der Waals surface area contributed by atoms with Crippen LogP contribution >= 0.6 is 12.6 Å². The summed E-state index contributed by atoms with van der Waals surface area (Å²) >= 11 is 3.89. The van der Waals surface area contributed by atoms with E-state index in [-0.39, 0.29) is 37.1 Å². The van der Waals surface area contributed by atoms with Crippen molar-refractivity contribution >= 4 is 30.4 Å². The lowest BCUT2D eigenvalue weighted by Crippen LogP contribution is -2.30. The first-order valence-electron chi connectivity index (χ1n) is 10.6. The smallest absolute Gasteiger partial charge is 0.412 e. The summed E-state index contributed by atoms with van der Waals surface area (Å²) < 4.78 is 32.4. The number of methoxy groups -OCH3 is 1. The van der Waals surface area contributed by atoms with Crippen molar-refractivity contribution in [2.75, 3.05) is 38.2 Å². The van der Waals surface area contributed by atoms with E-state index in [4.69, 9.17) is 28.4 Å². The molecule has 184 valence electrons. The van der Waals surface area contributed by atoms with Crippen LogP contribution in [0.5, 0.6) is 23.0 Å². The predicted molar refractivity (Wildman–Crippen MR) is 125 cm³/mol. The van der Waals surface area contributed by atoms with E-state index in [0.29, 0.717) is 29.4 Å². The van der Waals surface area contributed by atoms with Crippen LogP contribution in [0.25, 0.3) is 0 Å². The molecule has 2 atom stereocenters. The highest BCUT2D eigenvalue weighted by Gasteiger charge is 2.29. The molecule has 11 heteroatoms. The number of fused-ring (bicyclic) bond motifs is 1. The fourth-order valence-corrected chi connectivity index (χ4v) is 3.44. The summed E-state index contributed by atoms with van der Waals surface area (Å²) in [6, 6.07) is 9.59. The Bertz CT molecular complexity index is 1000. The molecule has 10 nitrogen and oxygen atoms in total. The van der Waals surface area contributed by atoms with Crippen LogP contribution in [0.3, 0.4) is 0 Å². The lowest BCUT2D eigenvalue weighted by Gasteiger charge is -2.27. The van der Waals surface area contributed by atoms with Crippen LogP contribution in [-0.4, -0.2) is 56.1 Å². The maximum atomic E-state index is 12.8. The number of thiol groups is 1. The predicted octanol–water partition coefficient (Wildman–Crippen LogP) is 3.69. The minimum Gasteiger partial charge on any atom is -0.504 e. The van der Waals surface area contributed by atoms with Crippen molar-refractivity contribution in [3.8, 4) is 23.0 Å². The van der Waals surface area contributed by atoms with Crippen molar-refractivity contribution in [2.45, 2.75) is 25.6 Å². The number of carbonyl (C=O) groups excluding carboxylic acids is 2. The zero-order valence-electron chi connectivity index (χ0n) is 18.8. The Morgan fingerprint density at radius 2 is 1.97 bits per heavy atom. The van der Waals surface area contributed by atoms with Crippen molar-refractivity contribution in [1.82, 2.24) is 0 Å². The molecule has 0 radical (unpaired) electrons. The third kappa shape index (κ3) is 6.61. The average Bonchev–Trinajstić information content (AvgIpc) is 3.30. The Kier molecular flexibility index (Phi) is 9.11. The van der Waals surface area contributed by atoms with Gasteiger partial charge in [0.15, 0.2) is 29.1 Å². The second-order valence-electron chi connectivity index (χ2n) is 7.11. The number of phenols is 1. The average molecular weight is 494 g/mol. The second kappa shape index (κ2) is 12.2. The van der Waals surface area contributed by atoms with Crippen molar-refractivity contribution in [3.05, 3.63) is 42.0 Å². The van der Waals surface area contributed by atoms with Gasteiger partial charge < -0.3 is 33.5 Å². The number of carbonyl (C=O) groups is 2. The van der Waals surface area contributed by atoms with E-state index in [2.05, 4.69) is 17.9 Å². The number of hydrogen-bond acceptors (Lipinski definition) is 10. The van der Waals surface area contributed by atoms with Gasteiger partial charge in [0.05, 0.1) is 19.5 Å². The Hall–Kier alpha value is -3.31. The molecule has 2 aromatic carbocycles. The molecule has 3 rings (SSSR count). The molecule has 0 aromatic heterocycles. The van der Waals surface area contributed by atoms with Gasteiger partial charge in [-0.05, 0) is 36.8 Å². The van der Waals surface area contributed by atoms with E-state index >= 15 is 0 Å². The molecule has 2 aromatic rings. The fraction of sp³-hybridized carbons (Fsp3) is 0.391. The molecule has 0 unspecified atom stereocenters. The van der Waals surface area contributed by atoms with Crippen LogP contribution < -0.4 is 19.5 Å². The first kappa shape index (κ1) is 25.3. The van der Waals surface area contributed by atoms with E-state index in [1.807, 2.05) is 0 Å². The molecule has 0 saturated heterocycles. The number of hydrogen-bond donors (Lipinski definition) is 3. The number of phenolic OH excluding ortho intramolecular Hbond substituents is 1. The van der Waals surface area contributed by atoms with Crippen LogP contribution in [0.15, 0.2) is 36.4 Å². The summed E-state index contributed by atoms with van der Waals surface area (Å²) in [5.74, 6) is 0.706. The van der Waals surface area contributed by atoms with E-state index < -0.39 is 24.3 Å². The minimum absolute atomic E-state index is 0.0375. The normalized spacial score (nSPS) is 13.6. The van der Waals surface area contributed by atoms with Crippen LogP contribution in [-0.2, 0) is 19.0 Å². The molecule has 2 N–H and O–H groups in total. The molecule has 0 saturated carbocycles. The van der Waals surface area contributed by atoms with Gasteiger partial charge >= 0.3 is 12.1 Å². The lowest BCUT2D eigenvalue weighted by atomic mass is 10.0. The van der Waals surface area contributed by atoms with Crippen molar-refractivity contribution < 1.29 is 43.1 Å². The molecule has 1 amide bonds. The highest BCUT2D eigenvalue weighted by Crippen LogP contribution is 2.36. The largest absolute Gasteiger partial charge is 0.504 e. The third-order valence-electron chi connectivity index (χ3n) is 4.90. The van der Waals surface area contributed by atoms with Crippen molar-refractivity contribution in [2.24, 2.45) is 0 Å². The summed E-state index contributed by atoms with van der Waals surface area (Å²) in [6.45, 7) is 2.26. The zero-order valence-corrected chi connectivity index (χ0v) is 19.7. The SMILES string of the molecule is CCO[C@@H](CCOC(=O)CS)[C@@H](OC(=O)Nc1ccc2c(c1)OCO2)c1ccc(OC)c(O)c1. The molecule has 34 heavy (non-hydrogen) atoms. The van der Waals surface area contributed by atoms with Gasteiger partial charge in [-0.3, -0.25) is 10.1 Å². The Balaban J connectivity index is 1.79. The van der Waals surface area contributed by atoms with E-state index in [1.165, 1.54) is 13.2 Å². The number of amides is 1. The molecule has 1 aliphatic rings. The van der Waals surface area contributed by atoms with Crippen LogP contribution in [0.1, 0.15) is 25.0 Å². The summed E-state index contributed by atoms with van der Waals surface area (Å²) in [7, 11) is 1.43. The molecule has 0 fully saturated rings. The number of rotatable bonds is 11. The molecule has 1 heterocycles. The van der Waals surface area contributed by atoms with Gasteiger partial charge in [0.2, 0.25) is 6.79 Å². The number of benzene rings is 2. The number of esters is 1. The Labute approximate surface area is 202 Å². The summed E-state index contributed by atoms with van der Waals surface area (Å²) in [4.78, 5) is 24.3. The van der Waals surface area contributed by atoms with Crippen molar-refractivity contribution in [3.63, 3.8) is 0 Å². The standard InChI is InChI=1S/C23H27NO9S/c1-3-29-19(8-9-30-21(26)12-34)22(14-4-6-17(28-2)16(25)10-14)33-23(27)24-15-5-7-18-20(11-15)32-13-31-18/h4-7,10-11,19,22,25,34H,3,8-9,12-13H2,1-2H3,(H,24,27)/t19-,22-/m0/s1. The number of anilines is 1. The fourth-order valence-electron chi connectivity index (χ4n) is 3.35. The number of nitrogens with one attached hydrogen (secondary N) is 1. The maximum absolute atomic E-state index is 12.8. The topological polar surface area (TPSA) is 122 Å². The van der Waals surface area contributed by atoms with Crippen LogP contribution in [0, 0.1) is 0 Å². The maximum Gasteiger partial charge on any atom is 0.412 e. The summed E-state index contributed by atoms with van der Waals surface area (Å²) in [6.07, 6.45) is -2.12. The molecule has 0 bridgehead atoms. The Morgan fingerprint density at radius 3 is 2.68 bits per heavy atom. The van der Waals surface area contributed by atoms with E-state index in [9.17, 15) is 14.7 Å². The van der Waals surface area contributed by atoms with Gasteiger partial charge in [-0.1, -0.05) is 6.07 Å². The molecular weight excluding hydrogens is 466 g/mol. The number of ether oxygens (including phenoxy) is 6. The van der Waals surface area contributed by atoms with Crippen molar-refractivity contribution in [1.29, 1.82) is 0 Å². The monoisotopic (exact) mass is 493 g/mol. The van der Waals surface area contributed by atoms with E-state index in [1.54, 1.807) is 37.3 Å². The first-order chi connectivity index (χ1) is 16.4. The molecule has 0 aliphatic carbocycles. The summed E-state index contributed by atoms with van der Waals surface area (Å²) in [5, 5.41) is 12.9. The molecule has 0 spiro atoms. The van der Waals surface area contributed by atoms with Gasteiger partial charge in [0, 0.05) is 24.8 Å². The van der Waals surface area contributed by atoms with E-state index in [0.717, 1.165) is 0 Å². The highest BCUT2D eigenvalue weighted by molar-refractivity contribution is 7.81. The minimum atomic E-state index is -0.930. The lowest BCUT2D eigenvalue weighted by molar-refractivity contribution is -0.142. The Morgan fingerprint density at radius 1 is 1.18 bits per heavy atom. The van der Waals surface area contributed by atoms with Crippen LogP contribution in [0.2, 0.25) is 0 Å². The third-order valence-corrected chi connectivity index (χ3v) is 5.16. The van der Waals surface area contributed by atoms with Crippen LogP contribution in [0.4, 0.5) is 10.5 Å². The highest BCUT2D eigenvalue weighted by atomic mass is 32.1. The molecule has 1 aliphatic heterocycles. The molecular formula is C23H27NO9S. The second-order valence-corrected chi connectivity index (χ2v) is 7.43. The van der Waals surface area contributed by atoms with Gasteiger partial charge in [-0.2, -0.15) is 12.6 Å². The quantitative estimate of drug-likeness (QED) is 0.318. The van der Waals surface area contributed by atoms with Gasteiger partial charge in [0.25, 0.3) is 0 Å². The van der Waals surface area contributed by atoms with Gasteiger partial charge in [-0.15, -0.1) is 0 Å². The zero-order chi connectivity index (χ0) is 24.5. The van der Waals surface area contributed by atoms with Gasteiger partial charge in [0.1, 0.15) is 6.10 Å². The number of aromatic hydroxyl groups is 1. The summed E-state index contributed by atoms with van der Waals surface area (Å²) in [5.41, 5.74) is 0.916. The van der Waals surface area contributed by atoms with Gasteiger partial charge in [-0.25, -0.2) is 4.79 Å². The first-order valence-corrected chi connectivity index (χ1v) is 11.2.